The number of carbonyl (C=O) groups excluding carboxylic acids is 1. The van der Waals surface area contributed by atoms with Crippen molar-refractivity contribution in [3.05, 3.63) is 57.0 Å². The molecule has 9 heteroatoms. The first-order valence-electron chi connectivity index (χ1n) is 6.78. The van der Waals surface area contributed by atoms with Gasteiger partial charge in [-0.1, -0.05) is 39.1 Å². The zero-order chi connectivity index (χ0) is 17.7. The highest BCUT2D eigenvalue weighted by atomic mass is 79.9. The summed E-state index contributed by atoms with van der Waals surface area (Å²) in [4.78, 5) is 12.0. The Bertz CT molecular complexity index is 842. The second kappa shape index (κ2) is 8.31. The third-order valence-electron chi connectivity index (χ3n) is 2.97. The van der Waals surface area contributed by atoms with Gasteiger partial charge < -0.3 is 5.32 Å². The van der Waals surface area contributed by atoms with Gasteiger partial charge in [0, 0.05) is 22.5 Å². The summed E-state index contributed by atoms with van der Waals surface area (Å²) in [5, 5.41) is 3.37. The summed E-state index contributed by atoms with van der Waals surface area (Å²) in [6.07, 6.45) is -0.0330. The van der Waals surface area contributed by atoms with Gasteiger partial charge in [0.1, 0.15) is 0 Å². The number of hydrogen-bond donors (Lipinski definition) is 2. The van der Waals surface area contributed by atoms with Crippen LogP contribution in [0.3, 0.4) is 0 Å². The molecule has 0 bridgehead atoms. The predicted molar refractivity (Wildman–Crippen MR) is 99.0 cm³/mol. The molecule has 128 valence electrons. The normalized spacial score (nSPS) is 11.3. The van der Waals surface area contributed by atoms with E-state index in [2.05, 4.69) is 26.0 Å². The van der Waals surface area contributed by atoms with E-state index in [9.17, 15) is 13.2 Å². The smallest absolute Gasteiger partial charge is 0.240 e. The van der Waals surface area contributed by atoms with Crippen LogP contribution in [0, 0.1) is 0 Å². The zero-order valence-electron chi connectivity index (χ0n) is 12.2. The molecule has 0 saturated heterocycles. The van der Waals surface area contributed by atoms with Crippen molar-refractivity contribution in [2.24, 2.45) is 0 Å². The molecule has 0 heterocycles. The van der Waals surface area contributed by atoms with Crippen molar-refractivity contribution in [2.45, 2.75) is 11.3 Å². The first-order valence-corrected chi connectivity index (χ1v) is 9.81. The van der Waals surface area contributed by atoms with E-state index in [0.29, 0.717) is 15.7 Å². The molecule has 0 unspecified atom stereocenters. The SMILES string of the molecule is O=C(CCNS(=O)(=O)c1ccc(Br)cc1)Nc1ccc(Cl)cc1Cl. The lowest BCUT2D eigenvalue weighted by molar-refractivity contribution is -0.116. The first kappa shape index (κ1) is 19.2. The Morgan fingerprint density at radius 1 is 1.08 bits per heavy atom. The molecular formula is C15H13BrCl2N2O3S. The topological polar surface area (TPSA) is 75.3 Å². The lowest BCUT2D eigenvalue weighted by Gasteiger charge is -2.09. The van der Waals surface area contributed by atoms with Gasteiger partial charge in [-0.3, -0.25) is 4.79 Å². The van der Waals surface area contributed by atoms with Crippen molar-refractivity contribution in [2.75, 3.05) is 11.9 Å². The lowest BCUT2D eigenvalue weighted by atomic mass is 10.3. The number of rotatable bonds is 6. The zero-order valence-corrected chi connectivity index (χ0v) is 16.1. The van der Waals surface area contributed by atoms with Crippen molar-refractivity contribution in [1.82, 2.24) is 4.72 Å². The predicted octanol–water partition coefficient (Wildman–Crippen LogP) is 4.06. The first-order chi connectivity index (χ1) is 11.3. The van der Waals surface area contributed by atoms with E-state index < -0.39 is 10.0 Å². The van der Waals surface area contributed by atoms with E-state index in [4.69, 9.17) is 23.2 Å². The Hall–Kier alpha value is -1.12. The number of amides is 1. The second-order valence-corrected chi connectivity index (χ2v) is 8.30. The molecule has 0 radical (unpaired) electrons. The highest BCUT2D eigenvalue weighted by molar-refractivity contribution is 9.10. The van der Waals surface area contributed by atoms with Gasteiger partial charge in [0.05, 0.1) is 15.6 Å². The van der Waals surface area contributed by atoms with Crippen molar-refractivity contribution < 1.29 is 13.2 Å². The van der Waals surface area contributed by atoms with E-state index in [1.54, 1.807) is 24.3 Å². The van der Waals surface area contributed by atoms with Gasteiger partial charge in [-0.25, -0.2) is 13.1 Å². The maximum Gasteiger partial charge on any atom is 0.240 e. The monoisotopic (exact) mass is 450 g/mol. The minimum atomic E-state index is -3.65. The molecule has 2 N–H and O–H groups in total. The minimum absolute atomic E-state index is 0.0323. The summed E-state index contributed by atoms with van der Waals surface area (Å²) in [6, 6.07) is 10.9. The number of halogens is 3. The molecular weight excluding hydrogens is 439 g/mol. The summed E-state index contributed by atoms with van der Waals surface area (Å²) in [6.45, 7) is -0.0323. The molecule has 24 heavy (non-hydrogen) atoms. The Morgan fingerprint density at radius 3 is 2.38 bits per heavy atom. The van der Waals surface area contributed by atoms with Gasteiger partial charge in [0.25, 0.3) is 0 Å². The largest absolute Gasteiger partial charge is 0.325 e. The number of hydrogen-bond acceptors (Lipinski definition) is 3. The number of nitrogens with one attached hydrogen (secondary N) is 2. The van der Waals surface area contributed by atoms with Crippen LogP contribution in [-0.4, -0.2) is 20.9 Å². The molecule has 0 atom stereocenters. The number of sulfonamides is 1. The Kier molecular flexibility index (Phi) is 6.65. The Morgan fingerprint density at radius 2 is 1.75 bits per heavy atom. The van der Waals surface area contributed by atoms with Crippen LogP contribution in [0.15, 0.2) is 51.8 Å². The Labute approximate surface area is 158 Å². The van der Waals surface area contributed by atoms with Crippen molar-refractivity contribution >= 4 is 60.7 Å². The van der Waals surface area contributed by atoms with Gasteiger partial charge in [-0.2, -0.15) is 0 Å². The van der Waals surface area contributed by atoms with Gasteiger partial charge in [0.15, 0.2) is 0 Å². The molecule has 0 aromatic heterocycles. The third kappa shape index (κ3) is 5.46. The fraction of sp³-hybridized carbons (Fsp3) is 0.133. The molecule has 0 aliphatic heterocycles. The number of anilines is 1. The highest BCUT2D eigenvalue weighted by Crippen LogP contribution is 2.25. The lowest BCUT2D eigenvalue weighted by Crippen LogP contribution is -2.27. The standard InChI is InChI=1S/C15H13BrCl2N2O3S/c16-10-1-4-12(5-2-10)24(22,23)19-8-7-15(21)20-14-6-3-11(17)9-13(14)18/h1-6,9,19H,7-8H2,(H,20,21). The average molecular weight is 452 g/mol. The van der Waals surface area contributed by atoms with Gasteiger partial charge in [-0.15, -0.1) is 0 Å². The quantitative estimate of drug-likeness (QED) is 0.695. The molecule has 2 rings (SSSR count). The van der Waals surface area contributed by atoms with Crippen LogP contribution in [0.2, 0.25) is 10.0 Å². The maximum absolute atomic E-state index is 12.1. The minimum Gasteiger partial charge on any atom is -0.325 e. The van der Waals surface area contributed by atoms with Gasteiger partial charge >= 0.3 is 0 Å². The molecule has 0 aliphatic carbocycles. The van der Waals surface area contributed by atoms with Crippen LogP contribution in [0.1, 0.15) is 6.42 Å². The van der Waals surface area contributed by atoms with E-state index in [1.165, 1.54) is 18.2 Å². The maximum atomic E-state index is 12.1. The number of carbonyl (C=O) groups is 1. The summed E-state index contributed by atoms with van der Waals surface area (Å²) in [5.74, 6) is -0.363. The van der Waals surface area contributed by atoms with Crippen molar-refractivity contribution in [1.29, 1.82) is 0 Å². The van der Waals surface area contributed by atoms with E-state index >= 15 is 0 Å². The second-order valence-electron chi connectivity index (χ2n) is 4.77. The summed E-state index contributed by atoms with van der Waals surface area (Å²) >= 11 is 15.0. The molecule has 1 amide bonds. The van der Waals surface area contributed by atoms with E-state index in [1.807, 2.05) is 0 Å². The van der Waals surface area contributed by atoms with E-state index in [-0.39, 0.29) is 23.8 Å². The Balaban J connectivity index is 1.89. The molecule has 0 aliphatic rings. The summed E-state index contributed by atoms with van der Waals surface area (Å²) in [5.41, 5.74) is 0.418. The summed E-state index contributed by atoms with van der Waals surface area (Å²) < 4.78 is 27.3. The van der Waals surface area contributed by atoms with Crippen LogP contribution >= 0.6 is 39.1 Å². The molecule has 2 aromatic rings. The van der Waals surface area contributed by atoms with Crippen molar-refractivity contribution in [3.8, 4) is 0 Å². The fourth-order valence-electron chi connectivity index (χ4n) is 1.80. The van der Waals surface area contributed by atoms with Crippen LogP contribution in [0.25, 0.3) is 0 Å². The number of benzene rings is 2. The van der Waals surface area contributed by atoms with Gasteiger partial charge in [0.2, 0.25) is 15.9 Å². The highest BCUT2D eigenvalue weighted by Gasteiger charge is 2.14. The molecule has 0 spiro atoms. The van der Waals surface area contributed by atoms with Crippen molar-refractivity contribution in [3.63, 3.8) is 0 Å². The summed E-state index contributed by atoms with van der Waals surface area (Å²) in [7, 11) is -3.65. The molecule has 0 saturated carbocycles. The third-order valence-corrected chi connectivity index (χ3v) is 5.53. The van der Waals surface area contributed by atoms with Crippen LogP contribution < -0.4 is 10.0 Å². The fourth-order valence-corrected chi connectivity index (χ4v) is 3.55. The molecule has 0 fully saturated rings. The van der Waals surface area contributed by atoms with Gasteiger partial charge in [-0.05, 0) is 42.5 Å². The molecule has 2 aromatic carbocycles. The van der Waals surface area contributed by atoms with Crippen LogP contribution in [0.5, 0.6) is 0 Å². The average Bonchev–Trinajstić information content (AvgIpc) is 2.50. The van der Waals surface area contributed by atoms with Crippen LogP contribution in [-0.2, 0) is 14.8 Å². The van der Waals surface area contributed by atoms with Crippen LogP contribution in [0.4, 0.5) is 5.69 Å². The molecule has 5 nitrogen and oxygen atoms in total. The van der Waals surface area contributed by atoms with E-state index in [0.717, 1.165) is 4.47 Å².